The summed E-state index contributed by atoms with van der Waals surface area (Å²) in [6.45, 7) is 1.36. The molecule has 0 fully saturated rings. The number of nitrogens with one attached hydrogen (secondary N) is 1. The first-order valence-electron chi connectivity index (χ1n) is 9.82. The number of hydrogen-bond acceptors (Lipinski definition) is 5. The van der Waals surface area contributed by atoms with E-state index in [-0.39, 0.29) is 30.8 Å². The lowest BCUT2D eigenvalue weighted by Crippen LogP contribution is -2.33. The number of ether oxygens (including phenoxy) is 3. The highest BCUT2D eigenvalue weighted by Crippen LogP contribution is 2.31. The lowest BCUT2D eigenvalue weighted by atomic mass is 9.93. The molecule has 2 aromatic rings. The Bertz CT molecular complexity index is 778. The maximum atomic E-state index is 12.7. The molecule has 0 radical (unpaired) electrons. The number of amides is 1. The van der Waals surface area contributed by atoms with Crippen LogP contribution in [0.5, 0.6) is 0 Å². The molecule has 0 aromatic heterocycles. The summed E-state index contributed by atoms with van der Waals surface area (Å²) in [6.07, 6.45) is 1.93. The Labute approximate surface area is 171 Å². The minimum Gasteiger partial charge on any atom is -0.459 e. The molecule has 1 aliphatic rings. The summed E-state index contributed by atoms with van der Waals surface area (Å²) in [4.78, 5) is 12.7. The summed E-state index contributed by atoms with van der Waals surface area (Å²) >= 11 is 0. The molecule has 0 spiro atoms. The zero-order valence-electron chi connectivity index (χ0n) is 16.3. The summed E-state index contributed by atoms with van der Waals surface area (Å²) in [5.74, 6) is 0.0210. The average Bonchev–Trinajstić information content (AvgIpc) is 2.78. The zero-order valence-corrected chi connectivity index (χ0v) is 16.3. The summed E-state index contributed by atoms with van der Waals surface area (Å²) in [7, 11) is 0. The number of rotatable bonds is 10. The predicted octanol–water partition coefficient (Wildman–Crippen LogP) is 2.74. The van der Waals surface area contributed by atoms with Gasteiger partial charge in [-0.2, -0.15) is 0 Å². The molecule has 29 heavy (non-hydrogen) atoms. The molecule has 0 saturated heterocycles. The topological polar surface area (TPSA) is 77.0 Å². The van der Waals surface area contributed by atoms with E-state index in [1.165, 1.54) is 0 Å². The number of aliphatic hydroxyl groups excluding tert-OH is 1. The van der Waals surface area contributed by atoms with Crippen LogP contribution >= 0.6 is 0 Å². The third-order valence-corrected chi connectivity index (χ3v) is 4.57. The van der Waals surface area contributed by atoms with Crippen LogP contribution in [-0.4, -0.2) is 43.7 Å². The third-order valence-electron chi connectivity index (χ3n) is 4.57. The molecule has 2 aromatic carbocycles. The standard InChI is InChI=1S/C23H27NO5/c25-11-12-27-13-14-28-22-16-20(19-9-5-2-6-10-19)15-21(29-22)23(26)24-17-18-7-3-1-4-8-18/h1-10,15,20,22,25H,11-14,16-17H2,(H,24,26)/t20-,22+/m0/s1. The van der Waals surface area contributed by atoms with Crippen LogP contribution in [0.3, 0.4) is 0 Å². The van der Waals surface area contributed by atoms with E-state index >= 15 is 0 Å². The van der Waals surface area contributed by atoms with Crippen LogP contribution in [-0.2, 0) is 25.5 Å². The second-order valence-corrected chi connectivity index (χ2v) is 6.71. The van der Waals surface area contributed by atoms with Crippen LogP contribution in [0.2, 0.25) is 0 Å². The van der Waals surface area contributed by atoms with Gasteiger partial charge in [0.25, 0.3) is 5.91 Å². The molecule has 1 aliphatic heterocycles. The molecule has 0 unspecified atom stereocenters. The zero-order chi connectivity index (χ0) is 20.3. The van der Waals surface area contributed by atoms with Crippen molar-refractivity contribution in [1.29, 1.82) is 0 Å². The van der Waals surface area contributed by atoms with Crippen LogP contribution in [0, 0.1) is 0 Å². The van der Waals surface area contributed by atoms with Crippen LogP contribution in [0.4, 0.5) is 0 Å². The molecular formula is C23H27NO5. The monoisotopic (exact) mass is 397 g/mol. The first-order valence-corrected chi connectivity index (χ1v) is 9.82. The van der Waals surface area contributed by atoms with Gasteiger partial charge in [0.05, 0.1) is 26.4 Å². The maximum Gasteiger partial charge on any atom is 0.286 e. The Kier molecular flexibility index (Phi) is 8.25. The normalized spacial score (nSPS) is 18.6. The van der Waals surface area contributed by atoms with Crippen LogP contribution < -0.4 is 5.32 Å². The van der Waals surface area contributed by atoms with Gasteiger partial charge in [-0.1, -0.05) is 60.7 Å². The van der Waals surface area contributed by atoms with Gasteiger partial charge >= 0.3 is 0 Å². The van der Waals surface area contributed by atoms with Gasteiger partial charge in [-0.05, 0) is 17.2 Å². The first-order chi connectivity index (χ1) is 14.3. The second-order valence-electron chi connectivity index (χ2n) is 6.71. The van der Waals surface area contributed by atoms with E-state index in [1.54, 1.807) is 0 Å². The van der Waals surface area contributed by atoms with Gasteiger partial charge in [-0.25, -0.2) is 0 Å². The molecule has 3 rings (SSSR count). The molecule has 2 N–H and O–H groups in total. The van der Waals surface area contributed by atoms with Crippen molar-refractivity contribution in [3.63, 3.8) is 0 Å². The van der Waals surface area contributed by atoms with E-state index in [4.69, 9.17) is 19.3 Å². The maximum absolute atomic E-state index is 12.7. The van der Waals surface area contributed by atoms with Gasteiger partial charge in [0.15, 0.2) is 5.76 Å². The molecule has 0 bridgehead atoms. The number of allylic oxidation sites excluding steroid dienone is 1. The second kappa shape index (κ2) is 11.4. The number of benzene rings is 2. The van der Waals surface area contributed by atoms with Crippen molar-refractivity contribution in [3.05, 3.63) is 83.6 Å². The van der Waals surface area contributed by atoms with Gasteiger partial charge in [0, 0.05) is 18.9 Å². The van der Waals surface area contributed by atoms with Gasteiger partial charge in [0.1, 0.15) is 0 Å². The van der Waals surface area contributed by atoms with E-state index in [0.29, 0.717) is 26.2 Å². The average molecular weight is 397 g/mol. The Morgan fingerprint density at radius 1 is 1.03 bits per heavy atom. The number of aliphatic hydroxyl groups is 1. The van der Waals surface area contributed by atoms with Crippen molar-refractivity contribution in [2.45, 2.75) is 25.2 Å². The molecule has 154 valence electrons. The van der Waals surface area contributed by atoms with Crippen LogP contribution in [0.1, 0.15) is 23.5 Å². The van der Waals surface area contributed by atoms with Crippen molar-refractivity contribution < 1.29 is 24.1 Å². The van der Waals surface area contributed by atoms with E-state index < -0.39 is 6.29 Å². The number of hydrogen-bond donors (Lipinski definition) is 2. The van der Waals surface area contributed by atoms with Crippen molar-refractivity contribution in [3.8, 4) is 0 Å². The highest BCUT2D eigenvalue weighted by Gasteiger charge is 2.28. The minimum atomic E-state index is -0.541. The lowest BCUT2D eigenvalue weighted by Gasteiger charge is -2.29. The van der Waals surface area contributed by atoms with Crippen molar-refractivity contribution >= 4 is 5.91 Å². The Hall–Kier alpha value is -2.67. The smallest absolute Gasteiger partial charge is 0.286 e. The lowest BCUT2D eigenvalue weighted by molar-refractivity contribution is -0.151. The molecule has 2 atom stereocenters. The van der Waals surface area contributed by atoms with Crippen molar-refractivity contribution in [2.75, 3.05) is 26.4 Å². The first kappa shape index (κ1) is 21.0. The predicted molar refractivity (Wildman–Crippen MR) is 109 cm³/mol. The van der Waals surface area contributed by atoms with E-state index in [1.807, 2.05) is 66.7 Å². The largest absolute Gasteiger partial charge is 0.459 e. The molecule has 6 heteroatoms. The van der Waals surface area contributed by atoms with E-state index in [0.717, 1.165) is 11.1 Å². The Morgan fingerprint density at radius 3 is 2.48 bits per heavy atom. The highest BCUT2D eigenvalue weighted by molar-refractivity contribution is 5.91. The van der Waals surface area contributed by atoms with Gasteiger partial charge in [-0.3, -0.25) is 4.79 Å². The number of carbonyl (C=O) groups excluding carboxylic acids is 1. The summed E-state index contributed by atoms with van der Waals surface area (Å²) in [5, 5.41) is 11.7. The Morgan fingerprint density at radius 2 is 1.76 bits per heavy atom. The van der Waals surface area contributed by atoms with Crippen LogP contribution in [0.15, 0.2) is 72.5 Å². The summed E-state index contributed by atoms with van der Waals surface area (Å²) in [6, 6.07) is 19.7. The Balaban J connectivity index is 1.63. The summed E-state index contributed by atoms with van der Waals surface area (Å²) in [5.41, 5.74) is 2.12. The molecule has 0 saturated carbocycles. The van der Waals surface area contributed by atoms with Crippen molar-refractivity contribution in [1.82, 2.24) is 5.32 Å². The number of carbonyl (C=O) groups is 1. The molecule has 0 aliphatic carbocycles. The fourth-order valence-corrected chi connectivity index (χ4v) is 3.12. The fraction of sp³-hybridized carbons (Fsp3) is 0.348. The molecule has 6 nitrogen and oxygen atoms in total. The van der Waals surface area contributed by atoms with Gasteiger partial charge in [0.2, 0.25) is 6.29 Å². The third kappa shape index (κ3) is 6.71. The van der Waals surface area contributed by atoms with Crippen LogP contribution in [0.25, 0.3) is 0 Å². The fourth-order valence-electron chi connectivity index (χ4n) is 3.12. The molecule has 1 amide bonds. The van der Waals surface area contributed by atoms with E-state index in [9.17, 15) is 4.79 Å². The van der Waals surface area contributed by atoms with Crippen molar-refractivity contribution in [2.24, 2.45) is 0 Å². The molecule has 1 heterocycles. The highest BCUT2D eigenvalue weighted by atomic mass is 16.7. The summed E-state index contributed by atoms with van der Waals surface area (Å²) < 4.78 is 16.8. The minimum absolute atomic E-state index is 0.0192. The molecular weight excluding hydrogens is 370 g/mol. The SMILES string of the molecule is O=C(NCc1ccccc1)C1=C[C@H](c2ccccc2)C[C@H](OCCOCCO)O1. The van der Waals surface area contributed by atoms with Gasteiger partial charge < -0.3 is 24.6 Å². The van der Waals surface area contributed by atoms with E-state index in [2.05, 4.69) is 5.32 Å². The van der Waals surface area contributed by atoms with Gasteiger partial charge in [-0.15, -0.1) is 0 Å². The quantitative estimate of drug-likeness (QED) is 0.603.